The number of hydrogen-bond donors (Lipinski definition) is 0. The van der Waals surface area contributed by atoms with E-state index >= 15 is 0 Å². The summed E-state index contributed by atoms with van der Waals surface area (Å²) in [6, 6.07) is 11.5. The molecule has 0 N–H and O–H groups in total. The fourth-order valence-electron chi connectivity index (χ4n) is 3.64. The molecule has 29 heavy (non-hydrogen) atoms. The van der Waals surface area contributed by atoms with Crippen molar-refractivity contribution in [3.05, 3.63) is 53.6 Å². The summed E-state index contributed by atoms with van der Waals surface area (Å²) in [4.78, 5) is 27.2. The van der Waals surface area contributed by atoms with Crippen LogP contribution in [0, 0.1) is 0 Å². The minimum atomic E-state index is -0.828. The van der Waals surface area contributed by atoms with Crippen LogP contribution in [0.5, 0.6) is 11.5 Å². The van der Waals surface area contributed by atoms with Crippen LogP contribution in [0.25, 0.3) is 0 Å². The monoisotopic (exact) mass is 394 g/mol. The molecule has 0 unspecified atom stereocenters. The zero-order valence-electron chi connectivity index (χ0n) is 16.5. The van der Waals surface area contributed by atoms with Gasteiger partial charge in [0.05, 0.1) is 26.5 Å². The SMILES string of the molecule is CCc1ccc(CN2N=N[C@H]3C(=O)N(c4ccc(OC)c(OC)c4)C(=O)[C@@H]32)cc1. The van der Waals surface area contributed by atoms with Gasteiger partial charge in [0.25, 0.3) is 11.8 Å². The second-order valence-corrected chi connectivity index (χ2v) is 6.91. The summed E-state index contributed by atoms with van der Waals surface area (Å²) in [7, 11) is 3.03. The Labute approximate surface area is 168 Å². The lowest BCUT2D eigenvalue weighted by atomic mass is 10.1. The number of benzene rings is 2. The molecule has 0 saturated carbocycles. The molecule has 8 nitrogen and oxygen atoms in total. The molecule has 0 bridgehead atoms. The van der Waals surface area contributed by atoms with Crippen molar-refractivity contribution in [2.45, 2.75) is 32.0 Å². The quantitative estimate of drug-likeness (QED) is 0.704. The maximum Gasteiger partial charge on any atom is 0.263 e. The van der Waals surface area contributed by atoms with Gasteiger partial charge < -0.3 is 9.47 Å². The lowest BCUT2D eigenvalue weighted by molar-refractivity contribution is -0.123. The van der Waals surface area contributed by atoms with Gasteiger partial charge in [0.1, 0.15) is 0 Å². The summed E-state index contributed by atoms with van der Waals surface area (Å²) in [5.74, 6) is 0.228. The highest BCUT2D eigenvalue weighted by molar-refractivity contribution is 6.25. The van der Waals surface area contributed by atoms with E-state index in [1.54, 1.807) is 23.2 Å². The number of carbonyl (C=O) groups is 2. The minimum Gasteiger partial charge on any atom is -0.493 e. The Morgan fingerprint density at radius 1 is 0.931 bits per heavy atom. The molecule has 2 aliphatic rings. The van der Waals surface area contributed by atoms with E-state index < -0.39 is 12.1 Å². The molecular formula is C21H22N4O4. The van der Waals surface area contributed by atoms with Crippen molar-refractivity contribution in [1.82, 2.24) is 5.01 Å². The number of aryl methyl sites for hydroxylation is 1. The lowest BCUT2D eigenvalue weighted by Crippen LogP contribution is -2.39. The summed E-state index contributed by atoms with van der Waals surface area (Å²) in [6.07, 6.45) is 0.960. The summed E-state index contributed by atoms with van der Waals surface area (Å²) in [6.45, 7) is 2.51. The van der Waals surface area contributed by atoms with Gasteiger partial charge in [-0.15, -0.1) is 0 Å². The van der Waals surface area contributed by atoms with E-state index in [2.05, 4.69) is 29.4 Å². The number of hydrogen-bond acceptors (Lipinski definition) is 7. The molecule has 2 heterocycles. The second-order valence-electron chi connectivity index (χ2n) is 6.91. The van der Waals surface area contributed by atoms with Crippen LogP contribution in [-0.2, 0) is 22.6 Å². The Morgan fingerprint density at radius 2 is 1.62 bits per heavy atom. The fourth-order valence-corrected chi connectivity index (χ4v) is 3.64. The highest BCUT2D eigenvalue weighted by atomic mass is 16.5. The molecule has 150 valence electrons. The van der Waals surface area contributed by atoms with Crippen molar-refractivity contribution in [1.29, 1.82) is 0 Å². The van der Waals surface area contributed by atoms with E-state index in [1.807, 2.05) is 12.1 Å². The number of nitrogens with zero attached hydrogens (tertiary/aromatic N) is 4. The average molecular weight is 394 g/mol. The van der Waals surface area contributed by atoms with Crippen molar-refractivity contribution >= 4 is 17.5 Å². The third-order valence-corrected chi connectivity index (χ3v) is 5.26. The van der Waals surface area contributed by atoms with Crippen molar-refractivity contribution in [2.75, 3.05) is 19.1 Å². The Balaban J connectivity index is 1.58. The van der Waals surface area contributed by atoms with Gasteiger partial charge in [-0.25, -0.2) is 4.90 Å². The van der Waals surface area contributed by atoms with Crippen LogP contribution in [0.1, 0.15) is 18.1 Å². The molecule has 0 aliphatic carbocycles. The topological polar surface area (TPSA) is 83.8 Å². The van der Waals surface area contributed by atoms with Crippen molar-refractivity contribution < 1.29 is 19.1 Å². The van der Waals surface area contributed by atoms with E-state index in [0.717, 1.165) is 16.9 Å². The van der Waals surface area contributed by atoms with Crippen LogP contribution in [0.3, 0.4) is 0 Å². The van der Waals surface area contributed by atoms with Crippen molar-refractivity contribution in [3.63, 3.8) is 0 Å². The molecule has 0 spiro atoms. The van der Waals surface area contributed by atoms with Gasteiger partial charge in [-0.3, -0.25) is 14.6 Å². The fraction of sp³-hybridized carbons (Fsp3) is 0.333. The van der Waals surface area contributed by atoms with E-state index in [-0.39, 0.29) is 11.8 Å². The highest BCUT2D eigenvalue weighted by Crippen LogP contribution is 2.36. The lowest BCUT2D eigenvalue weighted by Gasteiger charge is -2.21. The van der Waals surface area contributed by atoms with Gasteiger partial charge in [0.15, 0.2) is 23.6 Å². The number of anilines is 1. The first-order valence-electron chi connectivity index (χ1n) is 9.42. The molecule has 1 saturated heterocycles. The zero-order valence-corrected chi connectivity index (χ0v) is 16.5. The van der Waals surface area contributed by atoms with Crippen molar-refractivity contribution in [3.8, 4) is 11.5 Å². The molecule has 2 atom stereocenters. The number of amides is 2. The molecule has 4 rings (SSSR count). The molecular weight excluding hydrogens is 372 g/mol. The van der Waals surface area contributed by atoms with E-state index in [0.29, 0.717) is 23.7 Å². The van der Waals surface area contributed by atoms with Gasteiger partial charge in [-0.1, -0.05) is 36.4 Å². The molecule has 2 aromatic rings. The molecule has 0 aromatic heterocycles. The molecule has 2 aliphatic heterocycles. The van der Waals surface area contributed by atoms with Gasteiger partial charge in [0.2, 0.25) is 0 Å². The maximum atomic E-state index is 13.1. The third kappa shape index (κ3) is 3.20. The van der Waals surface area contributed by atoms with Crippen LogP contribution < -0.4 is 14.4 Å². The predicted octanol–water partition coefficient (Wildman–Crippen LogP) is 2.76. The van der Waals surface area contributed by atoms with Crippen LogP contribution in [0.15, 0.2) is 52.8 Å². The van der Waals surface area contributed by atoms with Gasteiger partial charge >= 0.3 is 0 Å². The molecule has 8 heteroatoms. The number of methoxy groups -OCH3 is 2. The van der Waals surface area contributed by atoms with Crippen LogP contribution >= 0.6 is 0 Å². The molecule has 1 fully saturated rings. The van der Waals surface area contributed by atoms with Gasteiger partial charge in [-0.05, 0) is 29.7 Å². The van der Waals surface area contributed by atoms with Crippen LogP contribution in [0.4, 0.5) is 5.69 Å². The van der Waals surface area contributed by atoms with Gasteiger partial charge in [-0.2, -0.15) is 5.11 Å². The first kappa shape index (κ1) is 18.9. The number of imide groups is 1. The predicted molar refractivity (Wildman–Crippen MR) is 106 cm³/mol. The Hall–Kier alpha value is -3.42. The number of ether oxygens (including phenoxy) is 2. The maximum absolute atomic E-state index is 13.1. The van der Waals surface area contributed by atoms with E-state index in [4.69, 9.17) is 9.47 Å². The smallest absolute Gasteiger partial charge is 0.263 e. The summed E-state index contributed by atoms with van der Waals surface area (Å²) < 4.78 is 10.5. The number of rotatable bonds is 6. The number of fused-ring (bicyclic) bond motifs is 1. The van der Waals surface area contributed by atoms with Crippen LogP contribution in [-0.4, -0.2) is 43.1 Å². The largest absolute Gasteiger partial charge is 0.493 e. The molecule has 2 aromatic carbocycles. The minimum absolute atomic E-state index is 0.345. The first-order chi connectivity index (χ1) is 14.1. The Morgan fingerprint density at radius 3 is 2.28 bits per heavy atom. The van der Waals surface area contributed by atoms with Crippen molar-refractivity contribution in [2.24, 2.45) is 10.3 Å². The van der Waals surface area contributed by atoms with E-state index in [9.17, 15) is 9.59 Å². The van der Waals surface area contributed by atoms with Crippen LogP contribution in [0.2, 0.25) is 0 Å². The standard InChI is InChI=1S/C21H22N4O4/c1-4-13-5-7-14(8-6-13)12-24-19-18(22-23-24)20(26)25(21(19)27)15-9-10-16(28-2)17(11-15)29-3/h5-11,18-19H,4,12H2,1-3H3/t18-,19-/m1/s1. The summed E-state index contributed by atoms with van der Waals surface area (Å²) >= 11 is 0. The zero-order chi connectivity index (χ0) is 20.5. The molecule has 2 amide bonds. The Bertz CT molecular complexity index is 973. The summed E-state index contributed by atoms with van der Waals surface area (Å²) in [5.41, 5.74) is 2.67. The Kier molecular flexibility index (Phi) is 4.92. The van der Waals surface area contributed by atoms with E-state index in [1.165, 1.54) is 19.8 Å². The highest BCUT2D eigenvalue weighted by Gasteiger charge is 2.54. The summed E-state index contributed by atoms with van der Waals surface area (Å²) in [5, 5.41) is 9.76. The average Bonchev–Trinajstić information content (AvgIpc) is 3.27. The van der Waals surface area contributed by atoms with Gasteiger partial charge in [0, 0.05) is 6.07 Å². The normalized spacial score (nSPS) is 20.4. The first-order valence-corrected chi connectivity index (χ1v) is 9.42. The number of carbonyl (C=O) groups excluding carboxylic acids is 2. The molecule has 0 radical (unpaired) electrons. The second kappa shape index (κ2) is 7.54. The third-order valence-electron chi connectivity index (χ3n) is 5.26.